The Hall–Kier alpha value is -1.55. The zero-order chi connectivity index (χ0) is 13.5. The highest BCUT2D eigenvalue weighted by molar-refractivity contribution is 5.66. The van der Waals surface area contributed by atoms with Crippen molar-refractivity contribution in [1.29, 1.82) is 0 Å². The van der Waals surface area contributed by atoms with Gasteiger partial charge in [0.05, 0.1) is 17.3 Å². The van der Waals surface area contributed by atoms with Crippen molar-refractivity contribution in [1.82, 2.24) is 10.2 Å². The van der Waals surface area contributed by atoms with Gasteiger partial charge in [0.15, 0.2) is 12.4 Å². The number of unbranched alkanes of at least 4 members (excludes halogenated alkanes) is 2. The average Bonchev–Trinajstić information content (AvgIpc) is 2.87. The van der Waals surface area contributed by atoms with Gasteiger partial charge in [-0.1, -0.05) is 19.3 Å². The molecule has 106 valence electrons. The first-order valence-electron chi connectivity index (χ1n) is 6.45. The summed E-state index contributed by atoms with van der Waals surface area (Å²) >= 11 is 0. The van der Waals surface area contributed by atoms with E-state index in [1.165, 1.54) is 0 Å². The number of ether oxygens (including phenoxy) is 1. The summed E-state index contributed by atoms with van der Waals surface area (Å²) in [6.07, 6.45) is 11.6. The van der Waals surface area contributed by atoms with E-state index in [0.29, 0.717) is 5.88 Å². The number of H-pyrrole nitrogens is 1. The lowest BCUT2D eigenvalue weighted by Crippen LogP contribution is -3.00. The van der Waals surface area contributed by atoms with Crippen LogP contribution in [0.2, 0.25) is 0 Å². The Labute approximate surface area is 136 Å². The fourth-order valence-electron chi connectivity index (χ4n) is 1.71. The third-order valence-corrected chi connectivity index (χ3v) is 2.74. The van der Waals surface area contributed by atoms with Crippen molar-refractivity contribution in [3.63, 3.8) is 0 Å². The van der Waals surface area contributed by atoms with Crippen LogP contribution in [0.3, 0.4) is 0 Å². The molecular weight excluding hydrogens is 365 g/mol. The maximum atomic E-state index is 5.43. The molecule has 0 bridgehead atoms. The van der Waals surface area contributed by atoms with Crippen LogP contribution in [0.1, 0.15) is 26.2 Å². The van der Waals surface area contributed by atoms with Crippen LogP contribution in [0.25, 0.3) is 11.1 Å². The highest BCUT2D eigenvalue weighted by Crippen LogP contribution is 2.25. The molecule has 1 N–H and O–H groups in total. The molecule has 0 aromatic carbocycles. The van der Waals surface area contributed by atoms with Crippen LogP contribution < -0.4 is 33.3 Å². The van der Waals surface area contributed by atoms with E-state index >= 15 is 0 Å². The lowest BCUT2D eigenvalue weighted by atomic mass is 10.1. The topological polar surface area (TPSA) is 41.8 Å². The summed E-state index contributed by atoms with van der Waals surface area (Å²) in [6, 6.07) is 4.00. The van der Waals surface area contributed by atoms with Gasteiger partial charge in [-0.05, 0) is 12.5 Å². The summed E-state index contributed by atoms with van der Waals surface area (Å²) < 4.78 is 7.41. The van der Waals surface area contributed by atoms with E-state index in [4.69, 9.17) is 4.74 Å². The molecular formula is C15H18IN3O. The summed E-state index contributed by atoms with van der Waals surface area (Å²) in [7, 11) is 1.98. The average molecular weight is 383 g/mol. The zero-order valence-corrected chi connectivity index (χ0v) is 13.8. The number of nitrogens with one attached hydrogen (secondary N) is 1. The fraction of sp³-hybridized carbons (Fsp3) is 0.333. The Morgan fingerprint density at radius 1 is 1.45 bits per heavy atom. The minimum Gasteiger partial charge on any atom is -1.00 e. The lowest BCUT2D eigenvalue weighted by Gasteiger charge is -1.98. The molecule has 2 heterocycles. The predicted molar refractivity (Wildman–Crippen MR) is 73.1 cm³/mol. The summed E-state index contributed by atoms with van der Waals surface area (Å²) in [5.74, 6) is 3.58. The first-order chi connectivity index (χ1) is 9.31. The van der Waals surface area contributed by atoms with E-state index in [1.807, 2.05) is 36.1 Å². The van der Waals surface area contributed by atoms with E-state index in [2.05, 4.69) is 29.1 Å². The van der Waals surface area contributed by atoms with E-state index < -0.39 is 0 Å². The molecule has 0 unspecified atom stereocenters. The highest BCUT2D eigenvalue weighted by Gasteiger charge is 2.10. The SMILES string of the molecule is CCCCC#COc1[nH]ncc1-c1ccc[n+](C)c1.[I-]. The van der Waals surface area contributed by atoms with Crippen molar-refractivity contribution < 1.29 is 33.3 Å². The van der Waals surface area contributed by atoms with Gasteiger partial charge in [-0.3, -0.25) is 0 Å². The van der Waals surface area contributed by atoms with Gasteiger partial charge in [-0.25, -0.2) is 9.67 Å². The van der Waals surface area contributed by atoms with Gasteiger partial charge in [0.2, 0.25) is 5.88 Å². The van der Waals surface area contributed by atoms with E-state index in [1.54, 1.807) is 6.20 Å². The van der Waals surface area contributed by atoms with Gasteiger partial charge in [-0.15, -0.1) is 0 Å². The van der Waals surface area contributed by atoms with Crippen LogP contribution in [-0.2, 0) is 7.05 Å². The molecule has 20 heavy (non-hydrogen) atoms. The van der Waals surface area contributed by atoms with Crippen LogP contribution >= 0.6 is 0 Å². The third-order valence-electron chi connectivity index (χ3n) is 2.74. The largest absolute Gasteiger partial charge is 1.00 e. The lowest BCUT2D eigenvalue weighted by molar-refractivity contribution is -0.671. The number of hydrogen-bond donors (Lipinski definition) is 1. The number of pyridine rings is 1. The van der Waals surface area contributed by atoms with Gasteiger partial charge in [0, 0.05) is 12.5 Å². The molecule has 0 atom stereocenters. The van der Waals surface area contributed by atoms with Crippen molar-refractivity contribution in [2.75, 3.05) is 0 Å². The van der Waals surface area contributed by atoms with Crippen LogP contribution in [-0.4, -0.2) is 10.2 Å². The summed E-state index contributed by atoms with van der Waals surface area (Å²) in [6.45, 7) is 2.14. The molecule has 2 aromatic heterocycles. The van der Waals surface area contributed by atoms with Crippen molar-refractivity contribution >= 4 is 0 Å². The highest BCUT2D eigenvalue weighted by atomic mass is 127. The molecule has 4 nitrogen and oxygen atoms in total. The molecule has 0 saturated carbocycles. The molecule has 0 aliphatic rings. The minimum atomic E-state index is 0. The van der Waals surface area contributed by atoms with Crippen molar-refractivity contribution in [2.45, 2.75) is 26.2 Å². The molecule has 0 saturated heterocycles. The standard InChI is InChI=1S/C15H18N3O.HI/c1-3-4-5-6-10-19-15-14(11-16-17-15)13-8-7-9-18(2)12-13;/h7-9,11-12H,3-5H2,1-2H3,(H,16,17);1H/q+1;/p-1. The van der Waals surface area contributed by atoms with E-state index in [0.717, 1.165) is 30.4 Å². The minimum absolute atomic E-state index is 0. The summed E-state index contributed by atoms with van der Waals surface area (Å²) in [5.41, 5.74) is 1.96. The second-order valence-corrected chi connectivity index (χ2v) is 4.36. The second-order valence-electron chi connectivity index (χ2n) is 4.36. The fourth-order valence-corrected chi connectivity index (χ4v) is 1.71. The summed E-state index contributed by atoms with van der Waals surface area (Å²) in [5, 5.41) is 6.85. The number of rotatable bonds is 4. The molecule has 0 fully saturated rings. The molecule has 2 aromatic rings. The number of hydrogen-bond acceptors (Lipinski definition) is 2. The Balaban J connectivity index is 0.00000200. The molecule has 0 spiro atoms. The van der Waals surface area contributed by atoms with E-state index in [9.17, 15) is 0 Å². The number of aromatic amines is 1. The molecule has 0 aliphatic heterocycles. The first-order valence-corrected chi connectivity index (χ1v) is 6.45. The first kappa shape index (κ1) is 16.5. The number of nitrogens with zero attached hydrogens (tertiary/aromatic N) is 2. The Morgan fingerprint density at radius 2 is 2.30 bits per heavy atom. The van der Waals surface area contributed by atoms with Crippen molar-refractivity contribution in [2.24, 2.45) is 7.05 Å². The maximum Gasteiger partial charge on any atom is 0.234 e. The van der Waals surface area contributed by atoms with Gasteiger partial charge in [0.25, 0.3) is 0 Å². The molecule has 5 heteroatoms. The zero-order valence-electron chi connectivity index (χ0n) is 11.7. The number of halogens is 1. The molecule has 0 radical (unpaired) electrons. The van der Waals surface area contributed by atoms with Gasteiger partial charge < -0.3 is 28.7 Å². The summed E-state index contributed by atoms with van der Waals surface area (Å²) in [4.78, 5) is 0. The molecule has 2 rings (SSSR count). The van der Waals surface area contributed by atoms with Crippen molar-refractivity contribution in [3.05, 3.63) is 30.7 Å². The van der Waals surface area contributed by atoms with Crippen LogP contribution in [0.4, 0.5) is 0 Å². The van der Waals surface area contributed by atoms with Gasteiger partial charge in [-0.2, -0.15) is 5.10 Å². The quantitative estimate of drug-likeness (QED) is 0.333. The van der Waals surface area contributed by atoms with Gasteiger partial charge in [0.1, 0.15) is 13.2 Å². The molecule has 0 amide bonds. The van der Waals surface area contributed by atoms with Crippen molar-refractivity contribution in [3.8, 4) is 29.0 Å². The molecule has 0 aliphatic carbocycles. The van der Waals surface area contributed by atoms with Crippen LogP contribution in [0.15, 0.2) is 30.7 Å². The Morgan fingerprint density at radius 3 is 3.05 bits per heavy atom. The second kappa shape index (κ2) is 8.59. The number of aryl methyl sites for hydroxylation is 1. The van der Waals surface area contributed by atoms with E-state index in [-0.39, 0.29) is 24.0 Å². The normalized spacial score (nSPS) is 9.30. The van der Waals surface area contributed by atoms with Crippen LogP contribution in [0.5, 0.6) is 5.88 Å². The Kier molecular flexibility index (Phi) is 7.09. The van der Waals surface area contributed by atoms with Gasteiger partial charge >= 0.3 is 0 Å². The smallest absolute Gasteiger partial charge is 0.234 e. The third kappa shape index (κ3) is 4.53. The maximum absolute atomic E-state index is 5.43. The van der Waals surface area contributed by atoms with Crippen LogP contribution in [0, 0.1) is 12.0 Å². The predicted octanol–water partition coefficient (Wildman–Crippen LogP) is -0.565. The Bertz CT molecular complexity index is 598. The number of aromatic nitrogens is 3. The monoisotopic (exact) mass is 383 g/mol.